The molecule has 25 heavy (non-hydrogen) atoms. The zero-order valence-corrected chi connectivity index (χ0v) is 15.9. The molecule has 3 rings (SSSR count). The molecule has 3 atom stereocenters. The van der Waals surface area contributed by atoms with E-state index in [4.69, 9.17) is 22.1 Å². The molecule has 0 spiro atoms. The van der Waals surface area contributed by atoms with E-state index in [-0.39, 0.29) is 24.2 Å². The first-order valence-electron chi connectivity index (χ1n) is 8.73. The van der Waals surface area contributed by atoms with Gasteiger partial charge in [0.1, 0.15) is 5.60 Å². The molecule has 0 unspecified atom stereocenters. The molecule has 138 valence electrons. The average Bonchev–Trinajstić information content (AvgIpc) is 2.84. The SMILES string of the molecule is Cc1c(Cl)nnc(N[C@@H]2CC[C@@H]3CC[C@H]2N3C(=O)OC(C)(C)C)c1N. The smallest absolute Gasteiger partial charge is 0.410 e. The van der Waals surface area contributed by atoms with Gasteiger partial charge in [0, 0.05) is 17.6 Å². The molecule has 1 aromatic heterocycles. The molecule has 3 heterocycles. The number of nitrogen functional groups attached to an aromatic ring is 1. The van der Waals surface area contributed by atoms with Crippen LogP contribution in [0.2, 0.25) is 5.15 Å². The number of aromatic nitrogens is 2. The second-order valence-electron chi connectivity index (χ2n) is 7.89. The van der Waals surface area contributed by atoms with Crippen LogP contribution in [0.3, 0.4) is 0 Å². The molecule has 7 nitrogen and oxygen atoms in total. The van der Waals surface area contributed by atoms with Gasteiger partial charge in [-0.3, -0.25) is 0 Å². The predicted molar refractivity (Wildman–Crippen MR) is 97.7 cm³/mol. The number of nitrogens with zero attached hydrogens (tertiary/aromatic N) is 3. The third-order valence-corrected chi connectivity index (χ3v) is 5.31. The third-order valence-electron chi connectivity index (χ3n) is 4.95. The number of anilines is 2. The maximum atomic E-state index is 12.6. The Morgan fingerprint density at radius 2 is 1.96 bits per heavy atom. The highest BCUT2D eigenvalue weighted by Crippen LogP contribution is 2.38. The molecule has 1 aromatic rings. The molecule has 0 aromatic carbocycles. The van der Waals surface area contributed by atoms with Crippen LogP contribution in [0.4, 0.5) is 16.3 Å². The second-order valence-corrected chi connectivity index (χ2v) is 8.25. The molecule has 8 heteroatoms. The van der Waals surface area contributed by atoms with E-state index < -0.39 is 5.60 Å². The van der Waals surface area contributed by atoms with Crippen LogP contribution in [0.1, 0.15) is 52.0 Å². The van der Waals surface area contributed by atoms with E-state index in [1.54, 1.807) is 0 Å². The lowest BCUT2D eigenvalue weighted by molar-refractivity contribution is 0.00611. The van der Waals surface area contributed by atoms with Crippen molar-refractivity contribution in [2.24, 2.45) is 0 Å². The van der Waals surface area contributed by atoms with Crippen molar-refractivity contribution in [3.05, 3.63) is 10.7 Å². The first-order chi connectivity index (χ1) is 11.7. The molecule has 2 fully saturated rings. The number of carbonyl (C=O) groups is 1. The van der Waals surface area contributed by atoms with Crippen molar-refractivity contribution in [1.29, 1.82) is 0 Å². The van der Waals surface area contributed by atoms with Crippen molar-refractivity contribution in [1.82, 2.24) is 15.1 Å². The van der Waals surface area contributed by atoms with Gasteiger partial charge in [-0.2, -0.15) is 0 Å². The van der Waals surface area contributed by atoms with E-state index in [0.29, 0.717) is 22.2 Å². The minimum atomic E-state index is -0.500. The lowest BCUT2D eigenvalue weighted by Gasteiger charge is -2.41. The number of ether oxygens (including phenoxy) is 1. The zero-order chi connectivity index (χ0) is 18.4. The summed E-state index contributed by atoms with van der Waals surface area (Å²) in [4.78, 5) is 14.5. The van der Waals surface area contributed by atoms with Crippen molar-refractivity contribution >= 4 is 29.2 Å². The normalized spacial score (nSPS) is 25.8. The Bertz CT molecular complexity index is 676. The van der Waals surface area contributed by atoms with Crippen LogP contribution >= 0.6 is 11.6 Å². The summed E-state index contributed by atoms with van der Waals surface area (Å²) in [5, 5.41) is 11.7. The largest absolute Gasteiger partial charge is 0.444 e. The van der Waals surface area contributed by atoms with E-state index in [0.717, 1.165) is 25.7 Å². The summed E-state index contributed by atoms with van der Waals surface area (Å²) in [5.41, 5.74) is 6.84. The molecule has 2 aliphatic heterocycles. The Morgan fingerprint density at radius 1 is 1.28 bits per heavy atom. The number of carbonyl (C=O) groups excluding carboxylic acids is 1. The topological polar surface area (TPSA) is 93.4 Å². The minimum absolute atomic E-state index is 0.0726. The average molecular weight is 368 g/mol. The highest BCUT2D eigenvalue weighted by atomic mass is 35.5. The summed E-state index contributed by atoms with van der Waals surface area (Å²) < 4.78 is 5.60. The number of rotatable bonds is 2. The van der Waals surface area contributed by atoms with Gasteiger partial charge < -0.3 is 20.7 Å². The fourth-order valence-electron chi connectivity index (χ4n) is 3.72. The molecule has 2 aliphatic rings. The molecule has 0 radical (unpaired) electrons. The number of fused-ring (bicyclic) bond motifs is 2. The Kier molecular flexibility index (Phi) is 4.70. The Labute approximate surface area is 153 Å². The minimum Gasteiger partial charge on any atom is -0.444 e. The summed E-state index contributed by atoms with van der Waals surface area (Å²) >= 11 is 5.97. The van der Waals surface area contributed by atoms with Crippen molar-refractivity contribution in [2.45, 2.75) is 77.1 Å². The van der Waals surface area contributed by atoms with Gasteiger partial charge in [-0.15, -0.1) is 10.2 Å². The molecule has 0 aliphatic carbocycles. The van der Waals surface area contributed by atoms with Crippen molar-refractivity contribution < 1.29 is 9.53 Å². The van der Waals surface area contributed by atoms with E-state index in [1.165, 1.54) is 0 Å². The summed E-state index contributed by atoms with van der Waals surface area (Å²) in [6, 6.07) is 0.405. The molecule has 2 saturated heterocycles. The fourth-order valence-corrected chi connectivity index (χ4v) is 3.86. The van der Waals surface area contributed by atoms with Crippen molar-refractivity contribution in [3.63, 3.8) is 0 Å². The Morgan fingerprint density at radius 3 is 2.64 bits per heavy atom. The van der Waals surface area contributed by atoms with Crippen LogP contribution in [-0.2, 0) is 4.74 Å². The first kappa shape index (κ1) is 18.0. The maximum Gasteiger partial charge on any atom is 0.410 e. The highest BCUT2D eigenvalue weighted by Gasteiger charge is 2.46. The number of piperidine rings is 1. The van der Waals surface area contributed by atoms with E-state index in [9.17, 15) is 4.79 Å². The van der Waals surface area contributed by atoms with Crippen molar-refractivity contribution in [2.75, 3.05) is 11.1 Å². The van der Waals surface area contributed by atoms with Crippen LogP contribution in [0.5, 0.6) is 0 Å². The number of nitrogens with two attached hydrogens (primary N) is 1. The Balaban J connectivity index is 1.78. The number of halogens is 1. The van der Waals surface area contributed by atoms with Crippen LogP contribution in [-0.4, -0.2) is 44.9 Å². The zero-order valence-electron chi connectivity index (χ0n) is 15.2. The number of hydrogen-bond acceptors (Lipinski definition) is 6. The summed E-state index contributed by atoms with van der Waals surface area (Å²) in [6.07, 6.45) is 3.60. The van der Waals surface area contributed by atoms with Gasteiger partial charge >= 0.3 is 6.09 Å². The van der Waals surface area contributed by atoms with Gasteiger partial charge in [-0.25, -0.2) is 4.79 Å². The standard InChI is InChI=1S/C17H26ClN5O2/c1-9-13(19)15(22-21-14(9)18)20-11-7-5-10-6-8-12(11)23(10)16(24)25-17(2,3)4/h10-12H,5-8H2,1-4H3,(H2,19,21)(H,20,22)/t10-,11-,12-/m1/s1. The van der Waals surface area contributed by atoms with E-state index >= 15 is 0 Å². The van der Waals surface area contributed by atoms with Crippen molar-refractivity contribution in [3.8, 4) is 0 Å². The van der Waals surface area contributed by atoms with Gasteiger partial charge in [-0.1, -0.05) is 11.6 Å². The molecule has 3 N–H and O–H groups in total. The third kappa shape index (κ3) is 3.61. The van der Waals surface area contributed by atoms with Crippen LogP contribution < -0.4 is 11.1 Å². The van der Waals surface area contributed by atoms with Gasteiger partial charge in [0.2, 0.25) is 0 Å². The summed E-state index contributed by atoms with van der Waals surface area (Å²) in [6.45, 7) is 7.48. The summed E-state index contributed by atoms with van der Waals surface area (Å²) in [5.74, 6) is 0.529. The van der Waals surface area contributed by atoms with Crippen LogP contribution in [0.25, 0.3) is 0 Å². The molecular weight excluding hydrogens is 342 g/mol. The molecule has 0 saturated carbocycles. The van der Waals surface area contributed by atoms with Gasteiger partial charge in [-0.05, 0) is 53.4 Å². The maximum absolute atomic E-state index is 12.6. The number of nitrogens with one attached hydrogen (secondary N) is 1. The highest BCUT2D eigenvalue weighted by molar-refractivity contribution is 6.30. The number of hydrogen-bond donors (Lipinski definition) is 2. The van der Waals surface area contributed by atoms with E-state index in [1.807, 2.05) is 32.6 Å². The fraction of sp³-hybridized carbons (Fsp3) is 0.706. The van der Waals surface area contributed by atoms with E-state index in [2.05, 4.69) is 15.5 Å². The van der Waals surface area contributed by atoms with Gasteiger partial charge in [0.25, 0.3) is 0 Å². The summed E-state index contributed by atoms with van der Waals surface area (Å²) in [7, 11) is 0. The number of amides is 1. The van der Waals surface area contributed by atoms with Crippen LogP contribution in [0, 0.1) is 6.92 Å². The molecule has 2 bridgehead atoms. The quantitative estimate of drug-likeness (QED) is 0.832. The van der Waals surface area contributed by atoms with Gasteiger partial charge in [0.15, 0.2) is 11.0 Å². The monoisotopic (exact) mass is 367 g/mol. The van der Waals surface area contributed by atoms with Crippen LogP contribution in [0.15, 0.2) is 0 Å². The lowest BCUT2D eigenvalue weighted by Crippen LogP contribution is -2.54. The molecule has 1 amide bonds. The first-order valence-corrected chi connectivity index (χ1v) is 9.11. The Hall–Kier alpha value is -1.76. The lowest BCUT2D eigenvalue weighted by atomic mass is 9.97. The van der Waals surface area contributed by atoms with Gasteiger partial charge in [0.05, 0.1) is 11.7 Å². The molecular formula is C17H26ClN5O2. The predicted octanol–water partition coefficient (Wildman–Crippen LogP) is 3.36. The second kappa shape index (κ2) is 6.52.